The number of carbonyl (C=O) groups is 3. The molecule has 0 bridgehead atoms. The number of nitrogens with two attached hydrogens (primary N) is 1. The molecule has 12 heteroatoms. The van der Waals surface area contributed by atoms with Crippen molar-refractivity contribution in [3.05, 3.63) is 61.0 Å². The quantitative estimate of drug-likeness (QED) is 0.254. The Hall–Kier alpha value is -3.71. The summed E-state index contributed by atoms with van der Waals surface area (Å²) >= 11 is 1.69. The van der Waals surface area contributed by atoms with Gasteiger partial charge in [0.15, 0.2) is 11.4 Å². The largest absolute Gasteiger partial charge is 0.508 e. The molecule has 5 rings (SSSR count). The van der Waals surface area contributed by atoms with Gasteiger partial charge < -0.3 is 36.4 Å². The van der Waals surface area contributed by atoms with E-state index in [2.05, 4.69) is 25.2 Å². The zero-order chi connectivity index (χ0) is 31.7. The van der Waals surface area contributed by atoms with Gasteiger partial charge in [0.25, 0.3) is 5.91 Å². The maximum atomic E-state index is 14.1. The van der Waals surface area contributed by atoms with E-state index in [1.807, 2.05) is 25.1 Å². The number of aromatic hydroxyl groups is 1. The minimum Gasteiger partial charge on any atom is -0.508 e. The second-order valence-electron chi connectivity index (χ2n) is 12.2. The third kappa shape index (κ3) is 4.64. The van der Waals surface area contributed by atoms with E-state index in [1.165, 1.54) is 15.3 Å². The van der Waals surface area contributed by atoms with E-state index in [0.29, 0.717) is 17.7 Å². The van der Waals surface area contributed by atoms with E-state index >= 15 is 0 Å². The molecule has 43 heavy (non-hydrogen) atoms. The number of hydrogen-bond donors (Lipinski definition) is 6. The lowest BCUT2D eigenvalue weighted by molar-refractivity contribution is -0.153. The van der Waals surface area contributed by atoms with Crippen LogP contribution in [0.4, 0.5) is 5.69 Å². The van der Waals surface area contributed by atoms with Crippen LogP contribution < -0.4 is 16.0 Å². The van der Waals surface area contributed by atoms with Gasteiger partial charge in [-0.2, -0.15) is 0 Å². The predicted octanol–water partition coefficient (Wildman–Crippen LogP) is 2.00. The monoisotopic (exact) mass is 610 g/mol. The molecule has 7 N–H and O–H groups in total. The number of thiophene rings is 1. The molecule has 0 spiro atoms. The van der Waals surface area contributed by atoms with E-state index in [0.717, 1.165) is 10.6 Å². The Balaban J connectivity index is 1.61. The Morgan fingerprint density at radius 2 is 1.79 bits per heavy atom. The van der Waals surface area contributed by atoms with Crippen molar-refractivity contribution in [1.82, 2.24) is 10.2 Å². The first kappa shape index (κ1) is 30.7. The van der Waals surface area contributed by atoms with Crippen molar-refractivity contribution in [3.63, 3.8) is 0 Å². The molecule has 1 aromatic carbocycles. The molecule has 230 valence electrons. The number of aliphatic hydroxyl groups excluding tert-OH is 2. The molecule has 1 aromatic heterocycles. The van der Waals surface area contributed by atoms with Crippen molar-refractivity contribution in [2.45, 2.75) is 51.4 Å². The van der Waals surface area contributed by atoms with Gasteiger partial charge in [-0.15, -0.1) is 11.3 Å². The van der Waals surface area contributed by atoms with Crippen LogP contribution in [0, 0.1) is 25.7 Å². The molecule has 1 amide bonds. The zero-order valence-corrected chi connectivity index (χ0v) is 25.9. The minimum atomic E-state index is -2.67. The number of likely N-dealkylation sites (N-methyl/N-ethyl adjacent to an activating group) is 1. The second-order valence-corrected chi connectivity index (χ2v) is 13.5. The van der Waals surface area contributed by atoms with Crippen LogP contribution in [0.1, 0.15) is 38.4 Å². The maximum absolute atomic E-state index is 14.1. The van der Waals surface area contributed by atoms with Crippen molar-refractivity contribution in [2.24, 2.45) is 17.6 Å². The molecule has 3 aliphatic carbocycles. The summed E-state index contributed by atoms with van der Waals surface area (Å²) in [4.78, 5) is 45.3. The molecule has 1 saturated carbocycles. The summed E-state index contributed by atoms with van der Waals surface area (Å²) < 4.78 is 0. The van der Waals surface area contributed by atoms with Crippen LogP contribution in [-0.4, -0.2) is 82.6 Å². The first-order valence-electron chi connectivity index (χ1n) is 14.1. The average Bonchev–Trinajstić information content (AvgIpc) is 3.23. The summed E-state index contributed by atoms with van der Waals surface area (Å²) in [5.74, 6) is -6.60. The van der Waals surface area contributed by atoms with E-state index in [4.69, 9.17) is 5.73 Å². The number of anilines is 1. The van der Waals surface area contributed by atoms with Crippen LogP contribution in [-0.2, 0) is 33.9 Å². The highest BCUT2D eigenvalue weighted by atomic mass is 32.1. The molecule has 3 aliphatic rings. The van der Waals surface area contributed by atoms with Gasteiger partial charge in [-0.1, -0.05) is 0 Å². The highest BCUT2D eigenvalue weighted by molar-refractivity contribution is 7.12. The molecular formula is C31H38N4O7S. The highest BCUT2D eigenvalue weighted by Gasteiger charge is 2.64. The van der Waals surface area contributed by atoms with Gasteiger partial charge in [-0.25, -0.2) is 0 Å². The molecular weight excluding hydrogens is 572 g/mol. The van der Waals surface area contributed by atoms with Gasteiger partial charge >= 0.3 is 0 Å². The Morgan fingerprint density at radius 1 is 1.12 bits per heavy atom. The van der Waals surface area contributed by atoms with E-state index in [1.54, 1.807) is 25.4 Å². The zero-order valence-electron chi connectivity index (χ0n) is 25.1. The van der Waals surface area contributed by atoms with Gasteiger partial charge in [0, 0.05) is 59.7 Å². The minimum absolute atomic E-state index is 0.0440. The lowest BCUT2D eigenvalue weighted by atomic mass is 9.57. The first-order chi connectivity index (χ1) is 20.1. The second kappa shape index (κ2) is 10.8. The Bertz CT molecular complexity index is 1600. The third-order valence-electron chi connectivity index (χ3n) is 9.09. The molecule has 1 heterocycles. The number of phenolic OH excluding ortho intramolecular Hbond substituents is 1. The van der Waals surface area contributed by atoms with E-state index in [-0.39, 0.29) is 36.3 Å². The number of Topliss-reactive ketones (excluding diaryl/α,β-unsaturated/α-hetero) is 2. The Morgan fingerprint density at radius 3 is 2.35 bits per heavy atom. The predicted molar refractivity (Wildman–Crippen MR) is 163 cm³/mol. The van der Waals surface area contributed by atoms with Crippen LogP contribution in [0.3, 0.4) is 0 Å². The van der Waals surface area contributed by atoms with Crippen molar-refractivity contribution in [2.75, 3.05) is 33.1 Å². The summed E-state index contributed by atoms with van der Waals surface area (Å²) in [5.41, 5.74) is 4.92. The molecule has 0 aliphatic heterocycles. The number of hydrogen-bond acceptors (Lipinski definition) is 11. The summed E-state index contributed by atoms with van der Waals surface area (Å²) in [6.45, 7) is 4.97. The number of nitrogens with zero attached hydrogens (tertiary/aromatic N) is 2. The van der Waals surface area contributed by atoms with Crippen molar-refractivity contribution in [1.29, 1.82) is 0 Å². The number of primary amides is 1. The number of fused-ring (bicyclic) bond motifs is 3. The summed E-state index contributed by atoms with van der Waals surface area (Å²) in [5, 5.41) is 49.3. The fourth-order valence-corrected chi connectivity index (χ4v) is 7.96. The van der Waals surface area contributed by atoms with Crippen molar-refractivity contribution in [3.8, 4) is 5.75 Å². The van der Waals surface area contributed by atoms with Crippen LogP contribution in [0.5, 0.6) is 5.75 Å². The van der Waals surface area contributed by atoms with Gasteiger partial charge in [0.05, 0.1) is 11.6 Å². The summed E-state index contributed by atoms with van der Waals surface area (Å²) in [6.07, 6.45) is 0.277. The lowest BCUT2D eigenvalue weighted by Gasteiger charge is -2.50. The lowest BCUT2D eigenvalue weighted by Crippen LogP contribution is -2.65. The van der Waals surface area contributed by atoms with E-state index < -0.39 is 58.0 Å². The van der Waals surface area contributed by atoms with Gasteiger partial charge in [-0.05, 0) is 70.0 Å². The van der Waals surface area contributed by atoms with Crippen LogP contribution in [0.25, 0.3) is 5.76 Å². The fourth-order valence-electron chi connectivity index (χ4n) is 6.94. The molecule has 2 aromatic rings. The summed E-state index contributed by atoms with van der Waals surface area (Å²) in [6, 6.07) is 2.84. The molecule has 4 atom stereocenters. The molecule has 4 unspecified atom stereocenters. The number of ketones is 2. The summed E-state index contributed by atoms with van der Waals surface area (Å²) in [7, 11) is 6.84. The number of nitrogens with one attached hydrogen (secondary N) is 1. The number of rotatable bonds is 7. The van der Waals surface area contributed by atoms with E-state index in [9.17, 15) is 34.8 Å². The number of phenols is 1. The average molecular weight is 611 g/mol. The molecule has 0 saturated heterocycles. The third-order valence-corrected chi connectivity index (χ3v) is 10.2. The fraction of sp³-hybridized carbons (Fsp3) is 0.452. The van der Waals surface area contributed by atoms with Crippen LogP contribution in [0.2, 0.25) is 0 Å². The molecule has 11 nitrogen and oxygen atoms in total. The molecule has 1 fully saturated rings. The standard InChI is InChI=1S/C31H38N4O7S/c1-13-7-17(43-14(13)2)12-33-11-16-10-20(34(3)4)18-8-15-9-19-24(35(5)6)27(38)23(30(32)41)29(40)31(19,42)28(39)21(15)26(37)22(18)25(16)36/h7,10,15,19,24,33,36-37,40,42H,8-9,11-12H2,1-6H3,(H2,32,41). The van der Waals surface area contributed by atoms with Gasteiger partial charge in [0.2, 0.25) is 5.78 Å². The first-order valence-corrected chi connectivity index (χ1v) is 14.9. The smallest absolute Gasteiger partial charge is 0.255 e. The number of carbonyl (C=O) groups excluding carboxylic acids is 3. The topological polar surface area (TPSA) is 177 Å². The SMILES string of the molecule is Cc1cc(CNCc2cc(N(C)C)c3c(c2O)C(O)=C2C(=O)C4(O)C(O)=C(C(N)=O)C(=O)C(N(C)C)C4CC2C3)sc1C. The number of amides is 1. The van der Waals surface area contributed by atoms with Gasteiger partial charge in [0.1, 0.15) is 22.8 Å². The van der Waals surface area contributed by atoms with Crippen molar-refractivity contribution >= 4 is 40.3 Å². The van der Waals surface area contributed by atoms with Crippen LogP contribution in [0.15, 0.2) is 29.0 Å². The maximum Gasteiger partial charge on any atom is 0.255 e. The normalized spacial score (nSPS) is 25.2. The Labute approximate surface area is 253 Å². The number of aliphatic hydroxyl groups is 3. The van der Waals surface area contributed by atoms with Gasteiger partial charge in [-0.3, -0.25) is 19.3 Å². The van der Waals surface area contributed by atoms with Crippen molar-refractivity contribution < 1.29 is 34.8 Å². The van der Waals surface area contributed by atoms with Crippen LogP contribution >= 0.6 is 11.3 Å². The number of benzene rings is 1. The Kier molecular flexibility index (Phi) is 7.70. The molecule has 0 radical (unpaired) electrons. The highest BCUT2D eigenvalue weighted by Crippen LogP contribution is 2.54. The number of aryl methyl sites for hydroxylation is 2.